The molecular weight excluding hydrogens is 218 g/mol. The van der Waals surface area contributed by atoms with Crippen LogP contribution in [0.3, 0.4) is 0 Å². The van der Waals surface area contributed by atoms with E-state index in [1.807, 2.05) is 6.92 Å². The van der Waals surface area contributed by atoms with E-state index < -0.39 is 0 Å². The number of hydrogen-bond donors (Lipinski definition) is 2. The zero-order valence-electron chi connectivity index (χ0n) is 10.6. The van der Waals surface area contributed by atoms with Gasteiger partial charge in [0, 0.05) is 18.3 Å². The van der Waals surface area contributed by atoms with Gasteiger partial charge < -0.3 is 9.88 Å². The lowest BCUT2D eigenvalue weighted by Gasteiger charge is -2.06. The highest BCUT2D eigenvalue weighted by Gasteiger charge is 2.02. The summed E-state index contributed by atoms with van der Waals surface area (Å²) in [6.45, 7) is 6.58. The number of aromatic amines is 1. The molecular formula is C12H21N3O2. The Morgan fingerprint density at radius 2 is 2.06 bits per heavy atom. The zero-order valence-corrected chi connectivity index (χ0v) is 10.6. The fraction of sp³-hybridized carbons (Fsp3) is 0.667. The molecule has 5 nitrogen and oxygen atoms in total. The van der Waals surface area contributed by atoms with Gasteiger partial charge in [-0.1, -0.05) is 13.8 Å². The highest BCUT2D eigenvalue weighted by molar-refractivity contribution is 5.03. The molecule has 0 atom stereocenters. The summed E-state index contributed by atoms with van der Waals surface area (Å²) in [5.41, 5.74) is 0.0910. The van der Waals surface area contributed by atoms with E-state index in [-0.39, 0.29) is 11.2 Å². The first-order chi connectivity index (χ1) is 8.19. The predicted octanol–water partition coefficient (Wildman–Crippen LogP) is 0.489. The normalized spacial score (nSPS) is 10.7. The molecule has 96 valence electrons. The molecule has 0 aromatic carbocycles. The fourth-order valence-corrected chi connectivity index (χ4v) is 1.68. The number of aryl methyl sites for hydroxylation is 2. The van der Waals surface area contributed by atoms with Crippen LogP contribution in [0.2, 0.25) is 0 Å². The molecule has 0 aliphatic rings. The second-order valence-electron chi connectivity index (χ2n) is 4.02. The van der Waals surface area contributed by atoms with Crippen LogP contribution >= 0.6 is 0 Å². The number of hydrogen-bond acceptors (Lipinski definition) is 3. The Kier molecular flexibility index (Phi) is 5.69. The number of aromatic nitrogens is 2. The van der Waals surface area contributed by atoms with E-state index in [0.717, 1.165) is 25.9 Å². The highest BCUT2D eigenvalue weighted by atomic mass is 16.2. The monoisotopic (exact) mass is 239 g/mol. The van der Waals surface area contributed by atoms with E-state index in [2.05, 4.69) is 17.2 Å². The minimum Gasteiger partial charge on any atom is -0.317 e. The van der Waals surface area contributed by atoms with E-state index >= 15 is 0 Å². The van der Waals surface area contributed by atoms with Gasteiger partial charge in [-0.25, -0.2) is 4.79 Å². The maximum atomic E-state index is 11.5. The van der Waals surface area contributed by atoms with E-state index in [9.17, 15) is 9.59 Å². The summed E-state index contributed by atoms with van der Waals surface area (Å²) in [6.07, 6.45) is 4.28. The fourth-order valence-electron chi connectivity index (χ4n) is 1.68. The lowest BCUT2D eigenvalue weighted by Crippen LogP contribution is -2.31. The summed E-state index contributed by atoms with van der Waals surface area (Å²) in [5.74, 6) is 0. The Bertz CT molecular complexity index is 448. The van der Waals surface area contributed by atoms with E-state index in [1.165, 1.54) is 0 Å². The Balaban J connectivity index is 2.59. The van der Waals surface area contributed by atoms with Crippen LogP contribution in [0.1, 0.15) is 32.3 Å². The van der Waals surface area contributed by atoms with Gasteiger partial charge in [0.1, 0.15) is 0 Å². The molecule has 1 rings (SSSR count). The maximum absolute atomic E-state index is 11.5. The molecule has 0 fully saturated rings. The molecule has 2 N–H and O–H groups in total. The van der Waals surface area contributed by atoms with Gasteiger partial charge in [-0.3, -0.25) is 9.78 Å². The maximum Gasteiger partial charge on any atom is 0.328 e. The minimum absolute atomic E-state index is 0.263. The lowest BCUT2D eigenvalue weighted by atomic mass is 10.2. The van der Waals surface area contributed by atoms with Crippen molar-refractivity contribution in [2.24, 2.45) is 0 Å². The molecule has 1 aromatic heterocycles. The Morgan fingerprint density at radius 1 is 1.29 bits per heavy atom. The summed E-state index contributed by atoms with van der Waals surface area (Å²) in [7, 11) is 0. The van der Waals surface area contributed by atoms with Crippen LogP contribution in [-0.2, 0) is 13.0 Å². The van der Waals surface area contributed by atoms with Crippen LogP contribution in [0, 0.1) is 0 Å². The van der Waals surface area contributed by atoms with Crippen LogP contribution < -0.4 is 16.6 Å². The van der Waals surface area contributed by atoms with Crippen molar-refractivity contribution in [3.8, 4) is 0 Å². The summed E-state index contributed by atoms with van der Waals surface area (Å²) < 4.78 is 1.59. The van der Waals surface area contributed by atoms with Crippen LogP contribution in [0.15, 0.2) is 15.8 Å². The Hall–Kier alpha value is -1.36. The summed E-state index contributed by atoms with van der Waals surface area (Å²) in [6, 6.07) is 0. The number of nitrogens with one attached hydrogen (secondary N) is 2. The zero-order chi connectivity index (χ0) is 12.7. The molecule has 1 heterocycles. The second-order valence-corrected chi connectivity index (χ2v) is 4.02. The first-order valence-corrected chi connectivity index (χ1v) is 6.22. The van der Waals surface area contributed by atoms with Crippen LogP contribution in [-0.4, -0.2) is 22.6 Å². The summed E-state index contributed by atoms with van der Waals surface area (Å²) in [5, 5.41) is 3.24. The van der Waals surface area contributed by atoms with E-state index in [4.69, 9.17) is 0 Å². The Labute approximate surface area is 101 Å². The molecule has 0 saturated heterocycles. The largest absolute Gasteiger partial charge is 0.328 e. The number of nitrogens with zero attached hydrogens (tertiary/aromatic N) is 1. The van der Waals surface area contributed by atoms with Gasteiger partial charge in [0.15, 0.2) is 0 Å². The molecule has 1 aromatic rings. The highest BCUT2D eigenvalue weighted by Crippen LogP contribution is 1.94. The van der Waals surface area contributed by atoms with Crippen LogP contribution in [0.4, 0.5) is 0 Å². The third-order valence-corrected chi connectivity index (χ3v) is 2.72. The van der Waals surface area contributed by atoms with Gasteiger partial charge in [-0.2, -0.15) is 0 Å². The smallest absolute Gasteiger partial charge is 0.317 e. The topological polar surface area (TPSA) is 66.9 Å². The number of unbranched alkanes of at least 4 members (excludes halogenated alkanes) is 1. The molecule has 0 unspecified atom stereocenters. The SMILES string of the molecule is CCNCCCCn1cc(CC)c(=O)[nH]c1=O. The van der Waals surface area contributed by atoms with Crippen molar-refractivity contribution in [3.63, 3.8) is 0 Å². The minimum atomic E-state index is -0.310. The average molecular weight is 239 g/mol. The lowest BCUT2D eigenvalue weighted by molar-refractivity contribution is 0.554. The van der Waals surface area contributed by atoms with Crippen molar-refractivity contribution in [3.05, 3.63) is 32.6 Å². The van der Waals surface area contributed by atoms with Crippen molar-refractivity contribution >= 4 is 0 Å². The molecule has 17 heavy (non-hydrogen) atoms. The third-order valence-electron chi connectivity index (χ3n) is 2.72. The van der Waals surface area contributed by atoms with Crippen molar-refractivity contribution < 1.29 is 0 Å². The first kappa shape index (κ1) is 13.7. The molecule has 0 radical (unpaired) electrons. The van der Waals surface area contributed by atoms with Gasteiger partial charge >= 0.3 is 5.69 Å². The predicted molar refractivity (Wildman–Crippen MR) is 68.5 cm³/mol. The standard InChI is InChI=1S/C12H21N3O2/c1-3-10-9-15(12(17)14-11(10)16)8-6-5-7-13-4-2/h9,13H,3-8H2,1-2H3,(H,14,16,17). The molecule has 0 aliphatic heterocycles. The molecule has 0 spiro atoms. The quantitative estimate of drug-likeness (QED) is 0.680. The Morgan fingerprint density at radius 3 is 2.71 bits per heavy atom. The molecule has 5 heteroatoms. The first-order valence-electron chi connectivity index (χ1n) is 6.22. The summed E-state index contributed by atoms with van der Waals surface area (Å²) >= 11 is 0. The number of H-pyrrole nitrogens is 1. The molecule has 0 bridgehead atoms. The molecule has 0 amide bonds. The summed E-state index contributed by atoms with van der Waals surface area (Å²) in [4.78, 5) is 25.2. The van der Waals surface area contributed by atoms with Crippen molar-refractivity contribution in [2.45, 2.75) is 39.7 Å². The van der Waals surface area contributed by atoms with Crippen molar-refractivity contribution in [1.29, 1.82) is 0 Å². The van der Waals surface area contributed by atoms with Crippen LogP contribution in [0.5, 0.6) is 0 Å². The van der Waals surface area contributed by atoms with Gasteiger partial charge in [0.2, 0.25) is 0 Å². The van der Waals surface area contributed by atoms with Crippen LogP contribution in [0.25, 0.3) is 0 Å². The third kappa shape index (κ3) is 4.19. The van der Waals surface area contributed by atoms with Crippen molar-refractivity contribution in [2.75, 3.05) is 13.1 Å². The average Bonchev–Trinajstić information content (AvgIpc) is 2.31. The molecule has 0 saturated carbocycles. The second kappa shape index (κ2) is 7.06. The van der Waals surface area contributed by atoms with Gasteiger partial charge in [-0.05, 0) is 32.4 Å². The van der Waals surface area contributed by atoms with Gasteiger partial charge in [-0.15, -0.1) is 0 Å². The van der Waals surface area contributed by atoms with Gasteiger partial charge in [0.05, 0.1) is 0 Å². The van der Waals surface area contributed by atoms with Gasteiger partial charge in [0.25, 0.3) is 5.56 Å². The van der Waals surface area contributed by atoms with E-state index in [1.54, 1.807) is 10.8 Å². The van der Waals surface area contributed by atoms with E-state index in [0.29, 0.717) is 18.5 Å². The molecule has 0 aliphatic carbocycles. The van der Waals surface area contributed by atoms with Crippen molar-refractivity contribution in [1.82, 2.24) is 14.9 Å². The number of rotatable bonds is 7.